The van der Waals surface area contributed by atoms with Crippen molar-refractivity contribution in [3.05, 3.63) is 0 Å². The predicted octanol–water partition coefficient (Wildman–Crippen LogP) is 2.95. The zero-order chi connectivity index (χ0) is 17.9. The van der Waals surface area contributed by atoms with Gasteiger partial charge in [-0.25, -0.2) is 0 Å². The number of aliphatic imine (C=N–C) groups is 1. The first kappa shape index (κ1) is 19.1. The number of hydrogen-bond acceptors (Lipinski definition) is 3. The fourth-order valence-electron chi connectivity index (χ4n) is 4.35. The number of thioether (sulfide) groups is 1. The van der Waals surface area contributed by atoms with Crippen LogP contribution in [0.5, 0.6) is 0 Å². The van der Waals surface area contributed by atoms with Crippen LogP contribution in [0.2, 0.25) is 0 Å². The van der Waals surface area contributed by atoms with Crippen molar-refractivity contribution in [3.63, 3.8) is 0 Å². The van der Waals surface area contributed by atoms with Crippen molar-refractivity contribution in [2.75, 3.05) is 45.5 Å². The zero-order valence-electron chi connectivity index (χ0n) is 14.9. The van der Waals surface area contributed by atoms with Crippen LogP contribution < -0.4 is 5.32 Å². The first-order chi connectivity index (χ1) is 11.9. The summed E-state index contributed by atoms with van der Waals surface area (Å²) in [6.45, 7) is 2.09. The van der Waals surface area contributed by atoms with E-state index in [1.807, 2.05) is 0 Å². The monoisotopic (exact) mass is 378 g/mol. The van der Waals surface area contributed by atoms with Crippen molar-refractivity contribution in [2.24, 2.45) is 4.99 Å². The Kier molecular flexibility index (Phi) is 6.08. The molecule has 0 amide bonds. The van der Waals surface area contributed by atoms with E-state index in [-0.39, 0.29) is 6.04 Å². The van der Waals surface area contributed by atoms with Crippen LogP contribution in [0, 0.1) is 0 Å². The van der Waals surface area contributed by atoms with Gasteiger partial charge in [-0.1, -0.05) is 19.3 Å². The molecule has 1 aliphatic carbocycles. The highest BCUT2D eigenvalue weighted by molar-refractivity contribution is 8.00. The average Bonchev–Trinajstić information content (AvgIpc) is 2.98. The fraction of sp³-hybridized carbons (Fsp3) is 0.941. The molecule has 8 heteroatoms. The number of guanidine groups is 1. The van der Waals surface area contributed by atoms with Crippen molar-refractivity contribution in [1.29, 1.82) is 0 Å². The lowest BCUT2D eigenvalue weighted by Crippen LogP contribution is -2.55. The fourth-order valence-corrected chi connectivity index (χ4v) is 5.92. The number of nitrogens with one attached hydrogen (secondary N) is 1. The largest absolute Gasteiger partial charge is 0.401 e. The summed E-state index contributed by atoms with van der Waals surface area (Å²) in [4.78, 5) is 8.25. The molecule has 1 unspecified atom stereocenters. The molecule has 1 saturated carbocycles. The van der Waals surface area contributed by atoms with E-state index < -0.39 is 12.7 Å². The molecule has 2 heterocycles. The van der Waals surface area contributed by atoms with Crippen molar-refractivity contribution in [2.45, 2.75) is 55.5 Å². The molecule has 25 heavy (non-hydrogen) atoms. The molecule has 0 radical (unpaired) electrons. The molecule has 1 atom stereocenters. The lowest BCUT2D eigenvalue weighted by Gasteiger charge is -2.45. The Morgan fingerprint density at radius 2 is 2.00 bits per heavy atom. The van der Waals surface area contributed by atoms with Crippen LogP contribution in [0.1, 0.15) is 38.5 Å². The minimum absolute atomic E-state index is 0.0536. The maximum Gasteiger partial charge on any atom is 0.401 e. The van der Waals surface area contributed by atoms with E-state index in [9.17, 15) is 13.2 Å². The first-order valence-electron chi connectivity index (χ1n) is 9.30. The van der Waals surface area contributed by atoms with Gasteiger partial charge in [-0.3, -0.25) is 9.89 Å². The van der Waals surface area contributed by atoms with Gasteiger partial charge in [-0.2, -0.15) is 24.9 Å². The number of alkyl halides is 3. The number of halogens is 3. The Morgan fingerprint density at radius 1 is 1.24 bits per heavy atom. The highest BCUT2D eigenvalue weighted by Gasteiger charge is 2.39. The minimum Gasteiger partial charge on any atom is -0.352 e. The maximum absolute atomic E-state index is 12.6. The van der Waals surface area contributed by atoms with Gasteiger partial charge >= 0.3 is 6.18 Å². The van der Waals surface area contributed by atoms with E-state index >= 15 is 0 Å². The van der Waals surface area contributed by atoms with Crippen molar-refractivity contribution >= 4 is 17.7 Å². The quantitative estimate of drug-likeness (QED) is 0.591. The van der Waals surface area contributed by atoms with Gasteiger partial charge in [0.25, 0.3) is 0 Å². The highest BCUT2D eigenvalue weighted by Crippen LogP contribution is 2.42. The molecule has 0 aromatic carbocycles. The maximum atomic E-state index is 12.6. The van der Waals surface area contributed by atoms with Crippen LogP contribution in [0.3, 0.4) is 0 Å². The van der Waals surface area contributed by atoms with Crippen LogP contribution >= 0.6 is 11.8 Å². The Balaban J connectivity index is 1.54. The van der Waals surface area contributed by atoms with Crippen LogP contribution in [0.4, 0.5) is 13.2 Å². The first-order valence-corrected chi connectivity index (χ1v) is 10.3. The third-order valence-corrected chi connectivity index (χ3v) is 7.07. The van der Waals surface area contributed by atoms with E-state index in [4.69, 9.17) is 0 Å². The summed E-state index contributed by atoms with van der Waals surface area (Å²) in [5.74, 6) is 1.97. The standard InChI is InChI=1S/C17H29F3N4S/c1-21-15(22-14-5-8-23(11-14)13-17(18,19)20)24-9-10-25-16(12-24)6-3-2-4-7-16/h14H,2-13H2,1H3,(H,21,22). The van der Waals surface area contributed by atoms with E-state index in [1.165, 1.54) is 37.0 Å². The lowest BCUT2D eigenvalue weighted by molar-refractivity contribution is -0.143. The summed E-state index contributed by atoms with van der Waals surface area (Å²) in [5, 5.41) is 3.43. The van der Waals surface area contributed by atoms with Crippen LogP contribution in [-0.2, 0) is 0 Å². The summed E-state index contributed by atoms with van der Waals surface area (Å²) >= 11 is 2.11. The summed E-state index contributed by atoms with van der Waals surface area (Å²) in [6, 6.07) is 0.0536. The minimum atomic E-state index is -4.12. The van der Waals surface area contributed by atoms with Crippen molar-refractivity contribution < 1.29 is 13.2 Å². The second-order valence-corrected chi connectivity index (χ2v) is 9.10. The molecule has 3 aliphatic rings. The highest BCUT2D eigenvalue weighted by atomic mass is 32.2. The van der Waals surface area contributed by atoms with Gasteiger partial charge < -0.3 is 10.2 Å². The summed E-state index contributed by atoms with van der Waals surface area (Å²) in [5.41, 5.74) is 0. The van der Waals surface area contributed by atoms with E-state index in [2.05, 4.69) is 27.0 Å². The van der Waals surface area contributed by atoms with Crippen molar-refractivity contribution in [1.82, 2.24) is 15.1 Å². The van der Waals surface area contributed by atoms with E-state index in [0.717, 1.165) is 31.2 Å². The molecule has 2 saturated heterocycles. The Labute approximate surface area is 152 Å². The normalized spacial score (nSPS) is 28.6. The number of nitrogens with zero attached hydrogens (tertiary/aromatic N) is 3. The van der Waals surface area contributed by atoms with Gasteiger partial charge in [0.15, 0.2) is 5.96 Å². The van der Waals surface area contributed by atoms with Gasteiger partial charge in [-0.05, 0) is 19.3 Å². The third kappa shape index (κ3) is 5.18. The van der Waals surface area contributed by atoms with E-state index in [1.54, 1.807) is 7.05 Å². The number of hydrogen-bond donors (Lipinski definition) is 1. The molecule has 2 aliphatic heterocycles. The lowest BCUT2D eigenvalue weighted by atomic mass is 9.87. The molecular weight excluding hydrogens is 349 g/mol. The molecule has 1 spiro atoms. The second-order valence-electron chi connectivity index (χ2n) is 7.54. The summed E-state index contributed by atoms with van der Waals surface area (Å²) < 4.78 is 38.0. The van der Waals surface area contributed by atoms with Gasteiger partial charge in [0.1, 0.15) is 0 Å². The summed E-state index contributed by atoms with van der Waals surface area (Å²) in [6.07, 6.45) is 3.12. The number of likely N-dealkylation sites (tertiary alicyclic amines) is 1. The molecule has 3 rings (SSSR count). The Hall–Kier alpha value is -0.630. The second kappa shape index (κ2) is 7.94. The van der Waals surface area contributed by atoms with Gasteiger partial charge in [0.05, 0.1) is 6.54 Å². The predicted molar refractivity (Wildman–Crippen MR) is 97.2 cm³/mol. The molecule has 3 fully saturated rings. The zero-order valence-corrected chi connectivity index (χ0v) is 15.8. The molecule has 0 aromatic rings. The Bertz CT molecular complexity index is 471. The molecule has 0 aromatic heterocycles. The van der Waals surface area contributed by atoms with Gasteiger partial charge in [-0.15, -0.1) is 0 Å². The average molecular weight is 379 g/mol. The topological polar surface area (TPSA) is 30.9 Å². The van der Waals surface area contributed by atoms with Gasteiger partial charge in [0, 0.05) is 49.8 Å². The van der Waals surface area contributed by atoms with Crippen LogP contribution in [-0.4, -0.2) is 78.2 Å². The smallest absolute Gasteiger partial charge is 0.352 e. The SMILES string of the molecule is CN=C(NC1CCN(CC(F)(F)F)C1)N1CCSC2(CCCCC2)C1. The van der Waals surface area contributed by atoms with Crippen LogP contribution in [0.15, 0.2) is 4.99 Å². The third-order valence-electron chi connectivity index (χ3n) is 5.53. The molecular formula is C17H29F3N4S. The molecule has 1 N–H and O–H groups in total. The van der Waals surface area contributed by atoms with Gasteiger partial charge in [0.2, 0.25) is 0 Å². The summed E-state index contributed by atoms with van der Waals surface area (Å²) in [7, 11) is 1.78. The number of rotatable bonds is 2. The molecule has 4 nitrogen and oxygen atoms in total. The van der Waals surface area contributed by atoms with E-state index in [0.29, 0.717) is 17.8 Å². The molecule has 144 valence electrons. The Morgan fingerprint density at radius 3 is 2.68 bits per heavy atom. The van der Waals surface area contributed by atoms with Crippen molar-refractivity contribution in [3.8, 4) is 0 Å². The molecule has 0 bridgehead atoms. The van der Waals surface area contributed by atoms with Crippen LogP contribution in [0.25, 0.3) is 0 Å².